The number of hydrogen-bond acceptors (Lipinski definition) is 2. The van der Waals surface area contributed by atoms with Crippen LogP contribution < -0.4 is 5.32 Å². The van der Waals surface area contributed by atoms with E-state index in [1.807, 2.05) is 19.2 Å². The van der Waals surface area contributed by atoms with E-state index in [4.69, 9.17) is 0 Å². The number of benzene rings is 1. The van der Waals surface area contributed by atoms with E-state index in [0.717, 1.165) is 18.4 Å². The SMILES string of the molecule is CCC(C)c1ccc(C(O)C(CC)NC)cc1. The number of aliphatic hydroxyl groups excluding tert-OH is 1. The monoisotopic (exact) mass is 235 g/mol. The number of nitrogens with one attached hydrogen (secondary N) is 1. The molecular formula is C15H25NO. The van der Waals surface area contributed by atoms with E-state index in [-0.39, 0.29) is 6.04 Å². The summed E-state index contributed by atoms with van der Waals surface area (Å²) in [7, 11) is 1.89. The van der Waals surface area contributed by atoms with E-state index in [0.29, 0.717) is 5.92 Å². The number of hydrogen-bond donors (Lipinski definition) is 2. The molecule has 0 saturated carbocycles. The van der Waals surface area contributed by atoms with E-state index < -0.39 is 6.10 Å². The van der Waals surface area contributed by atoms with Crippen molar-refractivity contribution in [3.8, 4) is 0 Å². The van der Waals surface area contributed by atoms with Crippen LogP contribution in [0.25, 0.3) is 0 Å². The Labute approximate surface area is 105 Å². The van der Waals surface area contributed by atoms with Gasteiger partial charge in [0, 0.05) is 6.04 Å². The highest BCUT2D eigenvalue weighted by atomic mass is 16.3. The molecule has 0 saturated heterocycles. The Balaban J connectivity index is 2.79. The first-order chi connectivity index (χ1) is 8.13. The molecular weight excluding hydrogens is 210 g/mol. The molecule has 0 bridgehead atoms. The Hall–Kier alpha value is -0.860. The van der Waals surface area contributed by atoms with Crippen molar-refractivity contribution in [1.82, 2.24) is 5.32 Å². The molecule has 0 heterocycles. The van der Waals surface area contributed by atoms with Gasteiger partial charge in [0.25, 0.3) is 0 Å². The molecule has 2 N–H and O–H groups in total. The molecule has 1 rings (SSSR count). The van der Waals surface area contributed by atoms with Crippen molar-refractivity contribution in [3.63, 3.8) is 0 Å². The van der Waals surface area contributed by atoms with E-state index in [2.05, 4.69) is 38.2 Å². The second-order valence-electron chi connectivity index (χ2n) is 4.72. The van der Waals surface area contributed by atoms with Gasteiger partial charge >= 0.3 is 0 Å². The second-order valence-corrected chi connectivity index (χ2v) is 4.72. The average molecular weight is 235 g/mol. The smallest absolute Gasteiger partial charge is 0.0942 e. The maximum absolute atomic E-state index is 10.2. The Morgan fingerprint density at radius 3 is 2.00 bits per heavy atom. The first-order valence-corrected chi connectivity index (χ1v) is 6.59. The van der Waals surface area contributed by atoms with Gasteiger partial charge in [0.1, 0.15) is 0 Å². The fourth-order valence-electron chi connectivity index (χ4n) is 2.07. The third kappa shape index (κ3) is 3.55. The number of rotatable bonds is 6. The van der Waals surface area contributed by atoms with Crippen molar-refractivity contribution in [1.29, 1.82) is 0 Å². The molecule has 0 radical (unpaired) electrons. The standard InChI is InChI=1S/C15H25NO/c1-5-11(3)12-7-9-13(10-8-12)15(17)14(6-2)16-4/h7-11,14-17H,5-6H2,1-4H3. The topological polar surface area (TPSA) is 32.3 Å². The highest BCUT2D eigenvalue weighted by Gasteiger charge is 2.17. The van der Waals surface area contributed by atoms with Crippen LogP contribution >= 0.6 is 0 Å². The molecule has 2 nitrogen and oxygen atoms in total. The molecule has 1 aromatic carbocycles. The van der Waals surface area contributed by atoms with E-state index in [1.165, 1.54) is 5.56 Å². The van der Waals surface area contributed by atoms with Crippen LogP contribution in [0.15, 0.2) is 24.3 Å². The zero-order valence-corrected chi connectivity index (χ0v) is 11.4. The van der Waals surface area contributed by atoms with Crippen LogP contribution in [0.1, 0.15) is 56.8 Å². The Bertz CT molecular complexity index is 316. The Morgan fingerprint density at radius 2 is 1.59 bits per heavy atom. The minimum Gasteiger partial charge on any atom is -0.387 e. The first-order valence-electron chi connectivity index (χ1n) is 6.59. The second kappa shape index (κ2) is 6.77. The average Bonchev–Trinajstić information content (AvgIpc) is 2.39. The van der Waals surface area contributed by atoms with Gasteiger partial charge in [-0.05, 0) is 36.9 Å². The quantitative estimate of drug-likeness (QED) is 0.793. The van der Waals surface area contributed by atoms with Gasteiger partial charge in [0.2, 0.25) is 0 Å². The zero-order valence-electron chi connectivity index (χ0n) is 11.4. The molecule has 0 aliphatic carbocycles. The molecule has 3 unspecified atom stereocenters. The first kappa shape index (κ1) is 14.2. The molecule has 96 valence electrons. The largest absolute Gasteiger partial charge is 0.387 e. The Kier molecular flexibility index (Phi) is 5.66. The summed E-state index contributed by atoms with van der Waals surface area (Å²) < 4.78 is 0. The minimum atomic E-state index is -0.420. The zero-order chi connectivity index (χ0) is 12.8. The van der Waals surface area contributed by atoms with E-state index >= 15 is 0 Å². The third-order valence-corrected chi connectivity index (χ3v) is 3.65. The third-order valence-electron chi connectivity index (χ3n) is 3.65. The lowest BCUT2D eigenvalue weighted by Crippen LogP contribution is -2.31. The molecule has 0 amide bonds. The lowest BCUT2D eigenvalue weighted by Gasteiger charge is -2.21. The van der Waals surface area contributed by atoms with Crippen molar-refractivity contribution in [3.05, 3.63) is 35.4 Å². The predicted octanol–water partition coefficient (Wildman–Crippen LogP) is 3.23. The van der Waals surface area contributed by atoms with Gasteiger partial charge in [-0.3, -0.25) is 0 Å². The summed E-state index contributed by atoms with van der Waals surface area (Å²) in [6.07, 6.45) is 1.65. The van der Waals surface area contributed by atoms with Crippen LogP contribution in [-0.4, -0.2) is 18.2 Å². The lowest BCUT2D eigenvalue weighted by atomic mass is 9.94. The van der Waals surface area contributed by atoms with Gasteiger partial charge in [0.05, 0.1) is 6.10 Å². The van der Waals surface area contributed by atoms with Crippen LogP contribution in [0.4, 0.5) is 0 Å². The molecule has 0 aromatic heterocycles. The molecule has 0 aliphatic heterocycles. The van der Waals surface area contributed by atoms with E-state index in [9.17, 15) is 5.11 Å². The van der Waals surface area contributed by atoms with Gasteiger partial charge in [-0.2, -0.15) is 0 Å². The van der Waals surface area contributed by atoms with Crippen molar-refractivity contribution < 1.29 is 5.11 Å². The fraction of sp³-hybridized carbons (Fsp3) is 0.600. The lowest BCUT2D eigenvalue weighted by molar-refractivity contribution is 0.130. The molecule has 0 spiro atoms. The predicted molar refractivity (Wildman–Crippen MR) is 73.2 cm³/mol. The van der Waals surface area contributed by atoms with Crippen LogP contribution in [0.3, 0.4) is 0 Å². The van der Waals surface area contributed by atoms with Crippen LogP contribution in [0.2, 0.25) is 0 Å². The van der Waals surface area contributed by atoms with Crippen LogP contribution in [-0.2, 0) is 0 Å². The number of likely N-dealkylation sites (N-methyl/N-ethyl adjacent to an activating group) is 1. The van der Waals surface area contributed by atoms with Gasteiger partial charge in [0.15, 0.2) is 0 Å². The molecule has 0 fully saturated rings. The van der Waals surface area contributed by atoms with Gasteiger partial charge in [-0.1, -0.05) is 45.0 Å². The summed E-state index contributed by atoms with van der Waals surface area (Å²) in [5.41, 5.74) is 2.35. The Morgan fingerprint density at radius 1 is 1.06 bits per heavy atom. The van der Waals surface area contributed by atoms with Crippen LogP contribution in [0, 0.1) is 0 Å². The van der Waals surface area contributed by atoms with Gasteiger partial charge in [-0.25, -0.2) is 0 Å². The summed E-state index contributed by atoms with van der Waals surface area (Å²) in [4.78, 5) is 0. The van der Waals surface area contributed by atoms with Crippen molar-refractivity contribution in [2.24, 2.45) is 0 Å². The molecule has 17 heavy (non-hydrogen) atoms. The summed E-state index contributed by atoms with van der Waals surface area (Å²) in [5.74, 6) is 0.590. The van der Waals surface area contributed by atoms with Crippen molar-refractivity contribution >= 4 is 0 Å². The maximum atomic E-state index is 10.2. The molecule has 2 heteroatoms. The number of aliphatic hydroxyl groups is 1. The van der Waals surface area contributed by atoms with Crippen molar-refractivity contribution in [2.45, 2.75) is 51.7 Å². The van der Waals surface area contributed by atoms with Crippen molar-refractivity contribution in [2.75, 3.05) is 7.05 Å². The summed E-state index contributed by atoms with van der Waals surface area (Å²) in [5, 5.41) is 13.4. The molecule has 3 atom stereocenters. The summed E-state index contributed by atoms with van der Waals surface area (Å²) >= 11 is 0. The fourth-order valence-corrected chi connectivity index (χ4v) is 2.07. The summed E-state index contributed by atoms with van der Waals surface area (Å²) in [6, 6.07) is 8.49. The molecule has 1 aromatic rings. The molecule has 0 aliphatic rings. The van der Waals surface area contributed by atoms with E-state index in [1.54, 1.807) is 0 Å². The summed E-state index contributed by atoms with van der Waals surface area (Å²) in [6.45, 7) is 6.51. The minimum absolute atomic E-state index is 0.129. The maximum Gasteiger partial charge on any atom is 0.0942 e. The van der Waals surface area contributed by atoms with Crippen LogP contribution in [0.5, 0.6) is 0 Å². The van der Waals surface area contributed by atoms with Gasteiger partial charge < -0.3 is 10.4 Å². The van der Waals surface area contributed by atoms with Gasteiger partial charge in [-0.15, -0.1) is 0 Å². The normalized spacial score (nSPS) is 16.5. The highest BCUT2D eigenvalue weighted by molar-refractivity contribution is 5.27. The highest BCUT2D eigenvalue weighted by Crippen LogP contribution is 2.23.